The molecule has 4 heteroatoms. The predicted octanol–water partition coefficient (Wildman–Crippen LogP) is 3.33. The fourth-order valence-electron chi connectivity index (χ4n) is 3.87. The van der Waals surface area contributed by atoms with Gasteiger partial charge in [-0.2, -0.15) is 0 Å². The lowest BCUT2D eigenvalue weighted by atomic mass is 9.93. The van der Waals surface area contributed by atoms with Gasteiger partial charge in [-0.1, -0.05) is 37.8 Å². The molecule has 2 saturated carbocycles. The lowest BCUT2D eigenvalue weighted by Crippen LogP contribution is -2.40. The molecular weight excluding hydrogens is 312 g/mol. The van der Waals surface area contributed by atoms with Gasteiger partial charge in [0.25, 0.3) is 0 Å². The maximum absolute atomic E-state index is 10.3. The lowest BCUT2D eigenvalue weighted by Gasteiger charge is -2.32. The summed E-state index contributed by atoms with van der Waals surface area (Å²) in [6.07, 6.45) is 10.1. The van der Waals surface area contributed by atoms with Crippen LogP contribution in [0.1, 0.15) is 56.9 Å². The molecule has 1 aromatic rings. The summed E-state index contributed by atoms with van der Waals surface area (Å²) in [5.41, 5.74) is 1.25. The Balaban J connectivity index is 1.39. The van der Waals surface area contributed by atoms with Gasteiger partial charge in [-0.15, -0.1) is 0 Å². The third-order valence-electron chi connectivity index (χ3n) is 5.74. The Kier molecular flexibility index (Phi) is 7.14. The van der Waals surface area contributed by atoms with Crippen molar-refractivity contribution in [2.45, 2.75) is 76.1 Å². The van der Waals surface area contributed by atoms with Crippen LogP contribution in [0, 0.1) is 0 Å². The number of nitrogens with zero attached hydrogens (tertiary/aromatic N) is 1. The van der Waals surface area contributed by atoms with Gasteiger partial charge in [0.15, 0.2) is 0 Å². The first kappa shape index (κ1) is 18.7. The van der Waals surface area contributed by atoms with Crippen molar-refractivity contribution < 1.29 is 9.84 Å². The molecule has 0 radical (unpaired) electrons. The standard InChI is InChI=1S/C21H34N2O2/c1-23(19-10-3-2-4-11-19)15-20(24)16-25-21-12-5-7-17(13-21)14-22-18-8-6-9-18/h5,7,12-13,18-20,22,24H,2-4,6,8-11,14-16H2,1H3. The van der Waals surface area contributed by atoms with E-state index in [4.69, 9.17) is 4.74 Å². The van der Waals surface area contributed by atoms with E-state index in [0.29, 0.717) is 25.2 Å². The topological polar surface area (TPSA) is 44.7 Å². The zero-order chi connectivity index (χ0) is 17.5. The quantitative estimate of drug-likeness (QED) is 0.720. The number of benzene rings is 1. The summed E-state index contributed by atoms with van der Waals surface area (Å²) < 4.78 is 5.84. The van der Waals surface area contributed by atoms with Gasteiger partial charge in [0.1, 0.15) is 18.5 Å². The van der Waals surface area contributed by atoms with Crippen molar-refractivity contribution in [2.75, 3.05) is 20.2 Å². The maximum Gasteiger partial charge on any atom is 0.119 e. The zero-order valence-corrected chi connectivity index (χ0v) is 15.6. The first-order chi connectivity index (χ1) is 12.2. The molecule has 2 aliphatic rings. The van der Waals surface area contributed by atoms with Crippen molar-refractivity contribution in [3.05, 3.63) is 29.8 Å². The van der Waals surface area contributed by atoms with Crippen molar-refractivity contribution in [1.29, 1.82) is 0 Å². The second kappa shape index (κ2) is 9.56. The second-order valence-corrected chi connectivity index (χ2v) is 7.85. The molecule has 1 unspecified atom stereocenters. The van der Waals surface area contributed by atoms with Gasteiger partial charge in [0.2, 0.25) is 0 Å². The summed E-state index contributed by atoms with van der Waals surface area (Å²) in [7, 11) is 2.13. The molecule has 1 aromatic carbocycles. The van der Waals surface area contributed by atoms with Gasteiger partial charge < -0.3 is 20.1 Å². The van der Waals surface area contributed by atoms with Crippen LogP contribution in [-0.4, -0.2) is 48.4 Å². The minimum Gasteiger partial charge on any atom is -0.491 e. The summed E-state index contributed by atoms with van der Waals surface area (Å²) in [6, 6.07) is 9.55. The van der Waals surface area contributed by atoms with Gasteiger partial charge in [0, 0.05) is 25.2 Å². The molecule has 2 fully saturated rings. The molecule has 3 rings (SSSR count). The van der Waals surface area contributed by atoms with Crippen LogP contribution in [0.3, 0.4) is 0 Å². The number of ether oxygens (including phenoxy) is 1. The van der Waals surface area contributed by atoms with Crippen molar-refractivity contribution in [3.8, 4) is 5.75 Å². The number of rotatable bonds is 9. The highest BCUT2D eigenvalue weighted by Crippen LogP contribution is 2.22. The van der Waals surface area contributed by atoms with Crippen LogP contribution in [0.15, 0.2) is 24.3 Å². The Bertz CT molecular complexity index is 512. The minimum atomic E-state index is -0.441. The van der Waals surface area contributed by atoms with E-state index < -0.39 is 6.10 Å². The van der Waals surface area contributed by atoms with Gasteiger partial charge in [0.05, 0.1) is 0 Å². The number of nitrogens with one attached hydrogen (secondary N) is 1. The van der Waals surface area contributed by atoms with Gasteiger partial charge in [-0.3, -0.25) is 0 Å². The van der Waals surface area contributed by atoms with E-state index in [2.05, 4.69) is 29.4 Å². The molecule has 140 valence electrons. The van der Waals surface area contributed by atoms with Gasteiger partial charge >= 0.3 is 0 Å². The Morgan fingerprint density at radius 2 is 1.96 bits per heavy atom. The molecule has 0 bridgehead atoms. The first-order valence-electron chi connectivity index (χ1n) is 10.0. The smallest absolute Gasteiger partial charge is 0.119 e. The number of hydrogen-bond acceptors (Lipinski definition) is 4. The lowest BCUT2D eigenvalue weighted by molar-refractivity contribution is 0.0561. The van der Waals surface area contributed by atoms with Gasteiger partial charge in [-0.25, -0.2) is 0 Å². The van der Waals surface area contributed by atoms with Crippen LogP contribution >= 0.6 is 0 Å². The van der Waals surface area contributed by atoms with Gasteiger partial charge in [-0.05, 0) is 50.4 Å². The van der Waals surface area contributed by atoms with E-state index in [1.54, 1.807) is 0 Å². The van der Waals surface area contributed by atoms with Crippen LogP contribution in [0.25, 0.3) is 0 Å². The molecule has 2 N–H and O–H groups in total. The third-order valence-corrected chi connectivity index (χ3v) is 5.74. The van der Waals surface area contributed by atoms with Crippen molar-refractivity contribution in [2.24, 2.45) is 0 Å². The second-order valence-electron chi connectivity index (χ2n) is 7.85. The summed E-state index contributed by atoms with van der Waals surface area (Å²) in [4.78, 5) is 2.31. The molecule has 2 aliphatic carbocycles. The van der Waals surface area contributed by atoms with E-state index in [-0.39, 0.29) is 0 Å². The summed E-state index contributed by atoms with van der Waals surface area (Å²) in [6.45, 7) is 1.94. The molecule has 0 amide bonds. The largest absolute Gasteiger partial charge is 0.491 e. The zero-order valence-electron chi connectivity index (χ0n) is 15.6. The predicted molar refractivity (Wildman–Crippen MR) is 102 cm³/mol. The van der Waals surface area contributed by atoms with Crippen LogP contribution in [0.2, 0.25) is 0 Å². The van der Waals surface area contributed by atoms with E-state index in [0.717, 1.165) is 12.3 Å². The fraction of sp³-hybridized carbons (Fsp3) is 0.714. The highest BCUT2D eigenvalue weighted by atomic mass is 16.5. The maximum atomic E-state index is 10.3. The van der Waals surface area contributed by atoms with E-state index in [1.165, 1.54) is 56.9 Å². The molecule has 25 heavy (non-hydrogen) atoms. The van der Waals surface area contributed by atoms with Crippen LogP contribution in [0.4, 0.5) is 0 Å². The Labute approximate surface area is 152 Å². The van der Waals surface area contributed by atoms with Crippen LogP contribution in [0.5, 0.6) is 5.75 Å². The highest BCUT2D eigenvalue weighted by molar-refractivity contribution is 5.28. The molecule has 4 nitrogen and oxygen atoms in total. The molecular formula is C21H34N2O2. The minimum absolute atomic E-state index is 0.358. The highest BCUT2D eigenvalue weighted by Gasteiger charge is 2.20. The Morgan fingerprint density at radius 1 is 1.16 bits per heavy atom. The number of likely N-dealkylation sites (N-methyl/N-ethyl adjacent to an activating group) is 1. The monoisotopic (exact) mass is 346 g/mol. The van der Waals surface area contributed by atoms with Crippen molar-refractivity contribution in [3.63, 3.8) is 0 Å². The van der Waals surface area contributed by atoms with E-state index in [9.17, 15) is 5.11 Å². The molecule has 0 aliphatic heterocycles. The first-order valence-corrected chi connectivity index (χ1v) is 10.0. The molecule has 0 aromatic heterocycles. The molecule has 0 heterocycles. The normalized spacial score (nSPS) is 20.4. The summed E-state index contributed by atoms with van der Waals surface area (Å²) in [5.74, 6) is 0.854. The fourth-order valence-corrected chi connectivity index (χ4v) is 3.87. The number of aliphatic hydroxyl groups excluding tert-OH is 1. The van der Waals surface area contributed by atoms with Crippen molar-refractivity contribution in [1.82, 2.24) is 10.2 Å². The van der Waals surface area contributed by atoms with Crippen LogP contribution < -0.4 is 10.1 Å². The average molecular weight is 347 g/mol. The van der Waals surface area contributed by atoms with E-state index >= 15 is 0 Å². The molecule has 1 atom stereocenters. The third kappa shape index (κ3) is 5.98. The SMILES string of the molecule is CN(CC(O)COc1cccc(CNC2CCC2)c1)C1CCCCC1. The summed E-state index contributed by atoms with van der Waals surface area (Å²) >= 11 is 0. The Hall–Kier alpha value is -1.10. The van der Waals surface area contributed by atoms with E-state index in [1.807, 2.05) is 12.1 Å². The van der Waals surface area contributed by atoms with Crippen LogP contribution in [-0.2, 0) is 6.54 Å². The average Bonchev–Trinajstić information content (AvgIpc) is 2.60. The number of hydrogen-bond donors (Lipinski definition) is 2. The molecule has 0 spiro atoms. The Morgan fingerprint density at radius 3 is 2.68 bits per heavy atom. The summed E-state index contributed by atoms with van der Waals surface area (Å²) in [5, 5.41) is 13.9. The molecule has 0 saturated heterocycles. The van der Waals surface area contributed by atoms with Crippen molar-refractivity contribution >= 4 is 0 Å². The number of aliphatic hydroxyl groups is 1.